The predicted octanol–water partition coefficient (Wildman–Crippen LogP) is 2.07. The number of nitrogens with zero attached hydrogens (tertiary/aromatic N) is 1. The van der Waals surface area contributed by atoms with Gasteiger partial charge in [-0.3, -0.25) is 4.79 Å². The Labute approximate surface area is 140 Å². The van der Waals surface area contributed by atoms with Crippen molar-refractivity contribution in [2.45, 2.75) is 57.4 Å². The Kier molecular flexibility index (Phi) is 6.09. The van der Waals surface area contributed by atoms with Crippen molar-refractivity contribution < 1.29 is 9.69 Å². The largest absolute Gasteiger partial charge is 0.331 e. The monoisotopic (exact) mass is 315 g/mol. The van der Waals surface area contributed by atoms with Crippen LogP contribution in [0, 0.1) is 0 Å². The van der Waals surface area contributed by atoms with Crippen molar-refractivity contribution in [1.29, 1.82) is 0 Å². The molecule has 0 unspecified atom stereocenters. The van der Waals surface area contributed by atoms with Gasteiger partial charge < -0.3 is 9.80 Å². The minimum absolute atomic E-state index is 0.364. The molecule has 23 heavy (non-hydrogen) atoms. The summed E-state index contributed by atoms with van der Waals surface area (Å²) < 4.78 is 0. The van der Waals surface area contributed by atoms with Gasteiger partial charge in [-0.2, -0.15) is 0 Å². The summed E-state index contributed by atoms with van der Waals surface area (Å²) >= 11 is 0. The van der Waals surface area contributed by atoms with Crippen molar-refractivity contribution >= 4 is 5.91 Å². The highest BCUT2D eigenvalue weighted by atomic mass is 16.2. The zero-order valence-electron chi connectivity index (χ0n) is 14.3. The standard InChI is InChI=1S/C20H30N2O/c23-20(13-7-10-18-8-3-1-4-9-18)22-16-14-21(15-17-22)19-11-5-2-6-12-19/h1,3-4,8-9,19H,2,5-7,10-17H2/p+1. The van der Waals surface area contributed by atoms with Crippen molar-refractivity contribution in [3.63, 3.8) is 0 Å². The Morgan fingerprint density at radius 1 is 1.04 bits per heavy atom. The molecule has 0 spiro atoms. The molecule has 3 nitrogen and oxygen atoms in total. The first kappa shape index (κ1) is 16.5. The first-order valence-electron chi connectivity index (χ1n) is 9.49. The smallest absolute Gasteiger partial charge is 0.222 e. The predicted molar refractivity (Wildman–Crippen MR) is 93.5 cm³/mol. The third-order valence-corrected chi connectivity index (χ3v) is 5.64. The van der Waals surface area contributed by atoms with Gasteiger partial charge in [0.1, 0.15) is 0 Å². The summed E-state index contributed by atoms with van der Waals surface area (Å²) in [6.45, 7) is 4.26. The number of aryl methyl sites for hydroxylation is 1. The van der Waals surface area contributed by atoms with Gasteiger partial charge in [0, 0.05) is 6.42 Å². The normalized spacial score (nSPS) is 20.6. The molecule has 1 aromatic carbocycles. The van der Waals surface area contributed by atoms with E-state index in [4.69, 9.17) is 0 Å². The summed E-state index contributed by atoms with van der Waals surface area (Å²) in [6.07, 6.45) is 9.75. The molecule has 1 saturated heterocycles. The van der Waals surface area contributed by atoms with E-state index >= 15 is 0 Å². The quantitative estimate of drug-likeness (QED) is 0.884. The lowest BCUT2D eigenvalue weighted by Crippen LogP contribution is -3.18. The molecule has 1 heterocycles. The molecule has 1 N–H and O–H groups in total. The number of carbonyl (C=O) groups excluding carboxylic acids is 1. The fourth-order valence-electron chi connectivity index (χ4n) is 4.21. The maximum Gasteiger partial charge on any atom is 0.222 e. The summed E-state index contributed by atoms with van der Waals surface area (Å²) in [5.74, 6) is 0.364. The number of quaternary nitrogens is 1. The summed E-state index contributed by atoms with van der Waals surface area (Å²) in [7, 11) is 0. The van der Waals surface area contributed by atoms with E-state index in [9.17, 15) is 4.79 Å². The molecule has 2 fully saturated rings. The molecule has 0 atom stereocenters. The average molecular weight is 315 g/mol. The summed E-state index contributed by atoms with van der Waals surface area (Å²) in [5.41, 5.74) is 1.34. The van der Waals surface area contributed by atoms with Gasteiger partial charge in [-0.25, -0.2) is 0 Å². The topological polar surface area (TPSA) is 24.8 Å². The van der Waals surface area contributed by atoms with Crippen LogP contribution >= 0.6 is 0 Å². The Morgan fingerprint density at radius 2 is 1.74 bits per heavy atom. The van der Waals surface area contributed by atoms with Gasteiger partial charge >= 0.3 is 0 Å². The molecule has 0 radical (unpaired) electrons. The highest BCUT2D eigenvalue weighted by Gasteiger charge is 2.29. The number of benzene rings is 1. The van der Waals surface area contributed by atoms with Crippen LogP contribution in [0.1, 0.15) is 50.5 Å². The minimum atomic E-state index is 0.364. The number of piperazine rings is 1. The third kappa shape index (κ3) is 4.81. The van der Waals surface area contributed by atoms with Crippen LogP contribution in [-0.2, 0) is 11.2 Å². The van der Waals surface area contributed by atoms with Gasteiger partial charge in [0.15, 0.2) is 0 Å². The Bertz CT molecular complexity index is 474. The minimum Gasteiger partial charge on any atom is -0.331 e. The molecule has 1 amide bonds. The number of amides is 1. The average Bonchev–Trinajstić information content (AvgIpc) is 2.63. The van der Waals surface area contributed by atoms with Gasteiger partial charge in [-0.1, -0.05) is 36.8 Å². The van der Waals surface area contributed by atoms with Crippen molar-refractivity contribution in [2.24, 2.45) is 0 Å². The molecule has 2 aliphatic rings. The maximum atomic E-state index is 12.4. The maximum absolute atomic E-state index is 12.4. The molecule has 1 aromatic rings. The van der Waals surface area contributed by atoms with E-state index in [2.05, 4.69) is 29.2 Å². The molecular formula is C20H31N2O+. The van der Waals surface area contributed by atoms with Crippen LogP contribution in [0.4, 0.5) is 0 Å². The van der Waals surface area contributed by atoms with Crippen LogP contribution in [0.2, 0.25) is 0 Å². The molecule has 1 aliphatic heterocycles. The van der Waals surface area contributed by atoms with E-state index < -0.39 is 0 Å². The van der Waals surface area contributed by atoms with E-state index in [1.165, 1.54) is 37.7 Å². The van der Waals surface area contributed by atoms with Gasteiger partial charge in [-0.05, 0) is 44.1 Å². The van der Waals surface area contributed by atoms with Crippen molar-refractivity contribution in [3.05, 3.63) is 35.9 Å². The highest BCUT2D eigenvalue weighted by Crippen LogP contribution is 2.15. The first-order valence-corrected chi connectivity index (χ1v) is 9.49. The molecule has 0 bridgehead atoms. The van der Waals surface area contributed by atoms with Crippen LogP contribution in [0.25, 0.3) is 0 Å². The number of rotatable bonds is 5. The van der Waals surface area contributed by atoms with E-state index in [1.54, 1.807) is 4.90 Å². The zero-order chi connectivity index (χ0) is 15.9. The van der Waals surface area contributed by atoms with Crippen molar-refractivity contribution in [3.8, 4) is 0 Å². The lowest BCUT2D eigenvalue weighted by Gasteiger charge is -2.38. The lowest BCUT2D eigenvalue weighted by atomic mass is 9.94. The van der Waals surface area contributed by atoms with Crippen LogP contribution in [0.15, 0.2) is 30.3 Å². The molecule has 3 heteroatoms. The summed E-state index contributed by atoms with van der Waals surface area (Å²) in [6, 6.07) is 11.4. The van der Waals surface area contributed by atoms with Crippen LogP contribution in [0.3, 0.4) is 0 Å². The first-order chi connectivity index (χ1) is 11.3. The fraction of sp³-hybridized carbons (Fsp3) is 0.650. The molecule has 1 aliphatic carbocycles. The summed E-state index contributed by atoms with van der Waals surface area (Å²) in [5, 5.41) is 0. The molecule has 1 saturated carbocycles. The Hall–Kier alpha value is -1.35. The zero-order valence-corrected chi connectivity index (χ0v) is 14.3. The van der Waals surface area contributed by atoms with Crippen molar-refractivity contribution in [1.82, 2.24) is 4.90 Å². The Morgan fingerprint density at radius 3 is 2.43 bits per heavy atom. The van der Waals surface area contributed by atoms with Gasteiger partial charge in [0.25, 0.3) is 0 Å². The number of hydrogen-bond acceptors (Lipinski definition) is 1. The van der Waals surface area contributed by atoms with E-state index in [0.29, 0.717) is 12.3 Å². The SMILES string of the molecule is O=C(CCCc1ccccc1)N1CC[NH+](C2CCCCC2)CC1. The second-order valence-electron chi connectivity index (χ2n) is 7.21. The molecule has 126 valence electrons. The number of hydrogen-bond donors (Lipinski definition) is 1. The van der Waals surface area contributed by atoms with E-state index in [0.717, 1.165) is 45.1 Å². The van der Waals surface area contributed by atoms with Gasteiger partial charge in [-0.15, -0.1) is 0 Å². The highest BCUT2D eigenvalue weighted by molar-refractivity contribution is 5.76. The van der Waals surface area contributed by atoms with Crippen LogP contribution in [-0.4, -0.2) is 43.0 Å². The molecule has 3 rings (SSSR count). The van der Waals surface area contributed by atoms with Gasteiger partial charge in [0.05, 0.1) is 32.2 Å². The van der Waals surface area contributed by atoms with Gasteiger partial charge in [0.2, 0.25) is 5.91 Å². The molecule has 0 aromatic heterocycles. The summed E-state index contributed by atoms with van der Waals surface area (Å²) in [4.78, 5) is 16.3. The number of nitrogens with one attached hydrogen (secondary N) is 1. The third-order valence-electron chi connectivity index (χ3n) is 5.64. The van der Waals surface area contributed by atoms with Crippen LogP contribution < -0.4 is 4.90 Å². The lowest BCUT2D eigenvalue weighted by molar-refractivity contribution is -0.930. The van der Waals surface area contributed by atoms with E-state index in [-0.39, 0.29) is 0 Å². The Balaban J connectivity index is 1.36. The molecular weight excluding hydrogens is 284 g/mol. The van der Waals surface area contributed by atoms with Crippen LogP contribution in [0.5, 0.6) is 0 Å². The number of carbonyl (C=O) groups is 1. The second-order valence-corrected chi connectivity index (χ2v) is 7.21. The van der Waals surface area contributed by atoms with Crippen molar-refractivity contribution in [2.75, 3.05) is 26.2 Å². The second kappa shape index (κ2) is 8.49. The van der Waals surface area contributed by atoms with E-state index in [1.807, 2.05) is 6.07 Å². The fourth-order valence-corrected chi connectivity index (χ4v) is 4.21.